The fraction of sp³-hybridized carbons (Fsp3) is 0.451. The van der Waals surface area contributed by atoms with Crippen molar-refractivity contribution < 1.29 is 34.1 Å². The van der Waals surface area contributed by atoms with Gasteiger partial charge in [-0.15, -0.1) is 0 Å². The molecule has 7 atom stereocenters. The lowest BCUT2D eigenvalue weighted by Crippen LogP contribution is -2.60. The number of ether oxygens (including phenoxy) is 2. The van der Waals surface area contributed by atoms with E-state index in [1.54, 1.807) is 29.4 Å². The van der Waals surface area contributed by atoms with Crippen molar-refractivity contribution in [2.24, 2.45) is 5.92 Å². The van der Waals surface area contributed by atoms with Crippen LogP contribution in [0.2, 0.25) is 0 Å². The van der Waals surface area contributed by atoms with E-state index >= 15 is 0 Å². The Morgan fingerprint density at radius 3 is 2.41 bits per heavy atom. The standard InChI is InChI=1S/C41H52N6O5.C10H12N4O3/c1-27(2)37(45-38(49)33-16-15-30-13-9-10-14-32(30)43-33)40(51)44-34(23-28-11-7-6-8-12-28)36(48)25-47-22-19-31(52-26-29-17-20-42-21-18-29)24-35(47)39(50)46-41(3,4)5;15-3-6-1-2-7(17-6)14-5-13-8-9(14)11-4-12-10(8)16/h6-18,20-21,27,31,34-37,48H,19,22-26H2,1-5H3,(H,44,51)(H,45,49)(H,46,50);4-7,15H,1-3H2,(H,11,12,16)/t31-,34+,35+,36?,37?;6-,7+/m10/s1. The zero-order valence-corrected chi connectivity index (χ0v) is 39.8. The number of rotatable bonds is 16. The number of aliphatic hydroxyl groups is 2. The third kappa shape index (κ3) is 13.6. The predicted octanol–water partition coefficient (Wildman–Crippen LogP) is 4.23. The molecule has 69 heavy (non-hydrogen) atoms. The van der Waals surface area contributed by atoms with Crippen LogP contribution < -0.4 is 21.5 Å². The van der Waals surface area contributed by atoms with Gasteiger partial charge in [-0.25, -0.2) is 15.0 Å². The summed E-state index contributed by atoms with van der Waals surface area (Å²) in [6, 6.07) is 22.3. The van der Waals surface area contributed by atoms with E-state index in [1.165, 1.54) is 6.33 Å². The van der Waals surface area contributed by atoms with E-state index in [0.717, 1.165) is 29.4 Å². The van der Waals surface area contributed by atoms with Crippen molar-refractivity contribution in [1.82, 2.24) is 50.3 Å². The number of β-amino-alcohol motifs (C(OH)–C–C–N with tert-alkyl or cyclic N) is 1. The summed E-state index contributed by atoms with van der Waals surface area (Å²) < 4.78 is 13.6. The number of nitrogens with one attached hydrogen (secondary N) is 4. The first-order chi connectivity index (χ1) is 33.1. The molecule has 2 aromatic carbocycles. The molecule has 0 bridgehead atoms. The van der Waals surface area contributed by atoms with Gasteiger partial charge in [0.2, 0.25) is 11.8 Å². The molecule has 0 aliphatic carbocycles. The summed E-state index contributed by atoms with van der Waals surface area (Å²) in [6.07, 6.45) is 7.90. The van der Waals surface area contributed by atoms with E-state index in [-0.39, 0.29) is 54.7 Å². The number of H-pyrrole nitrogens is 1. The first kappa shape index (κ1) is 50.4. The molecule has 2 unspecified atom stereocenters. The number of likely N-dealkylation sites (tertiary alicyclic amines) is 1. The number of hydrogen-bond donors (Lipinski definition) is 6. The lowest BCUT2D eigenvalue weighted by Gasteiger charge is -2.41. The molecule has 2 saturated heterocycles. The second kappa shape index (κ2) is 23.2. The van der Waals surface area contributed by atoms with Crippen LogP contribution in [-0.2, 0) is 32.1 Å². The Hall–Kier alpha value is -6.44. The first-order valence-electron chi connectivity index (χ1n) is 23.6. The quantitative estimate of drug-likeness (QED) is 0.0798. The molecule has 2 fully saturated rings. The van der Waals surface area contributed by atoms with Crippen molar-refractivity contribution in [1.29, 1.82) is 0 Å². The summed E-state index contributed by atoms with van der Waals surface area (Å²) in [5.74, 6) is -1.25. The Morgan fingerprint density at radius 1 is 0.928 bits per heavy atom. The summed E-state index contributed by atoms with van der Waals surface area (Å²) >= 11 is 0. The van der Waals surface area contributed by atoms with Gasteiger partial charge >= 0.3 is 0 Å². The number of para-hydroxylation sites is 1. The highest BCUT2D eigenvalue weighted by molar-refractivity contribution is 5.98. The van der Waals surface area contributed by atoms with Gasteiger partial charge in [-0.1, -0.05) is 68.4 Å². The van der Waals surface area contributed by atoms with Crippen LogP contribution in [0, 0.1) is 5.92 Å². The molecule has 0 spiro atoms. The Balaban J connectivity index is 0.000000343. The van der Waals surface area contributed by atoms with Crippen molar-refractivity contribution in [3.05, 3.63) is 131 Å². The largest absolute Gasteiger partial charge is 0.394 e. The van der Waals surface area contributed by atoms with Crippen molar-refractivity contribution in [3.8, 4) is 0 Å². The second-order valence-corrected chi connectivity index (χ2v) is 19.0. The van der Waals surface area contributed by atoms with Crippen molar-refractivity contribution in [2.75, 3.05) is 19.7 Å². The highest BCUT2D eigenvalue weighted by atomic mass is 16.5. The SMILES string of the molecule is CC(C)C(NC(=O)c1ccc2ccccc2n1)C(=O)N[C@@H](Cc1ccccc1)C(O)CN1CC[C@@H](OCc2ccncc2)C[C@H]1C(=O)NC(C)(C)C.O=c1[nH]cnc2c1ncn2[C@H]1CC[C@@H](CO)O1. The van der Waals surface area contributed by atoms with Crippen molar-refractivity contribution in [3.63, 3.8) is 0 Å². The van der Waals surface area contributed by atoms with E-state index in [0.29, 0.717) is 49.1 Å². The summed E-state index contributed by atoms with van der Waals surface area (Å²) in [6.45, 7) is 10.6. The summed E-state index contributed by atoms with van der Waals surface area (Å²) in [7, 11) is 0. The fourth-order valence-electron chi connectivity index (χ4n) is 8.60. The Kier molecular flexibility index (Phi) is 17.0. The second-order valence-electron chi connectivity index (χ2n) is 19.0. The monoisotopic (exact) mass is 944 g/mol. The number of pyridine rings is 2. The average molecular weight is 945 g/mol. The minimum Gasteiger partial charge on any atom is -0.394 e. The summed E-state index contributed by atoms with van der Waals surface area (Å²) in [5.41, 5.74) is 2.95. The van der Waals surface area contributed by atoms with Gasteiger partial charge in [-0.05, 0) is 94.2 Å². The van der Waals surface area contributed by atoms with Crippen LogP contribution >= 0.6 is 0 Å². The number of hydrogen-bond acceptors (Lipinski definition) is 13. The van der Waals surface area contributed by atoms with E-state index in [4.69, 9.17) is 14.6 Å². The van der Waals surface area contributed by atoms with Crippen LogP contribution in [0.15, 0.2) is 109 Å². The van der Waals surface area contributed by atoms with E-state index in [1.807, 2.05) is 112 Å². The van der Waals surface area contributed by atoms with Crippen LogP contribution in [0.25, 0.3) is 22.1 Å². The smallest absolute Gasteiger partial charge is 0.278 e. The first-order valence-corrected chi connectivity index (χ1v) is 23.6. The molecule has 6 N–H and O–H groups in total. The minimum absolute atomic E-state index is 0.0111. The van der Waals surface area contributed by atoms with Crippen LogP contribution in [0.1, 0.15) is 88.1 Å². The summed E-state index contributed by atoms with van der Waals surface area (Å²) in [4.78, 5) is 73.7. The lowest BCUT2D eigenvalue weighted by molar-refractivity contribution is -0.134. The number of aromatic amines is 1. The molecule has 3 amide bonds. The van der Waals surface area contributed by atoms with Gasteiger partial charge in [0, 0.05) is 36.4 Å². The van der Waals surface area contributed by atoms with Crippen LogP contribution in [-0.4, -0.2) is 124 Å². The fourth-order valence-corrected chi connectivity index (χ4v) is 8.60. The molecular weight excluding hydrogens is 881 g/mol. The van der Waals surface area contributed by atoms with Gasteiger partial charge < -0.3 is 40.6 Å². The van der Waals surface area contributed by atoms with Crippen LogP contribution in [0.4, 0.5) is 0 Å². The van der Waals surface area contributed by atoms with Gasteiger partial charge in [0.05, 0.1) is 61.8 Å². The predicted molar refractivity (Wildman–Crippen MR) is 260 cm³/mol. The Labute approximate surface area is 401 Å². The van der Waals surface area contributed by atoms with Crippen LogP contribution in [0.5, 0.6) is 0 Å². The third-order valence-electron chi connectivity index (χ3n) is 12.2. The highest BCUT2D eigenvalue weighted by Gasteiger charge is 2.38. The number of fused-ring (bicyclic) bond motifs is 2. The Bertz CT molecular complexity index is 2690. The maximum Gasteiger partial charge on any atom is 0.278 e. The number of amides is 3. The number of aliphatic hydroxyl groups excluding tert-OH is 2. The number of piperidine rings is 1. The normalized spacial score (nSPS) is 19.9. The molecule has 18 heteroatoms. The molecule has 4 aromatic heterocycles. The molecule has 8 rings (SSSR count). The maximum atomic E-state index is 14.0. The zero-order valence-electron chi connectivity index (χ0n) is 39.8. The molecule has 0 saturated carbocycles. The molecule has 0 radical (unpaired) electrons. The maximum absolute atomic E-state index is 14.0. The number of carbonyl (C=O) groups is 3. The summed E-state index contributed by atoms with van der Waals surface area (Å²) in [5, 5.41) is 30.9. The number of benzene rings is 2. The van der Waals surface area contributed by atoms with E-state index in [2.05, 4.69) is 40.9 Å². The van der Waals surface area contributed by atoms with Gasteiger partial charge in [-0.3, -0.25) is 33.6 Å². The number of aromatic nitrogens is 6. The molecule has 6 aromatic rings. The number of imidazole rings is 1. The zero-order chi connectivity index (χ0) is 49.1. The van der Waals surface area contributed by atoms with Crippen molar-refractivity contribution >= 4 is 39.8 Å². The topological polar surface area (TPSA) is 239 Å². The molecule has 366 valence electrons. The lowest BCUT2D eigenvalue weighted by atomic mass is 9.94. The average Bonchev–Trinajstić information content (AvgIpc) is 4.01. The number of nitrogens with zero attached hydrogens (tertiary/aromatic N) is 6. The minimum atomic E-state index is -1.03. The van der Waals surface area contributed by atoms with Crippen LogP contribution in [0.3, 0.4) is 0 Å². The van der Waals surface area contributed by atoms with Crippen molar-refractivity contribution in [2.45, 2.75) is 122 Å². The molecular formula is C51H64N10O8. The van der Waals surface area contributed by atoms with E-state index < -0.39 is 41.6 Å². The molecule has 6 heterocycles. The van der Waals surface area contributed by atoms with E-state index in [9.17, 15) is 24.3 Å². The highest BCUT2D eigenvalue weighted by Crippen LogP contribution is 2.29. The Morgan fingerprint density at radius 2 is 1.68 bits per heavy atom. The molecule has 18 nitrogen and oxygen atoms in total. The number of carbonyl (C=O) groups excluding carboxylic acids is 3. The molecule has 2 aliphatic rings. The van der Waals surface area contributed by atoms with Gasteiger partial charge in [-0.2, -0.15) is 0 Å². The van der Waals surface area contributed by atoms with Gasteiger partial charge in [0.15, 0.2) is 11.2 Å². The van der Waals surface area contributed by atoms with Gasteiger partial charge in [0.25, 0.3) is 11.5 Å². The third-order valence-corrected chi connectivity index (χ3v) is 12.2. The van der Waals surface area contributed by atoms with Gasteiger partial charge in [0.1, 0.15) is 18.0 Å². The molecule has 2 aliphatic heterocycles.